The standard InChI is InChI=1S/C17H29N5O2/c1-20(2)16(23)12-24-11-14-9-22(8-13-6-4-5-7-13)10-15-17(14)21(3)19-18-15/h13-14H,4-12H2,1-3H3/t14-/m1/s1. The summed E-state index contributed by atoms with van der Waals surface area (Å²) in [6.07, 6.45) is 5.44. The molecule has 0 saturated heterocycles. The lowest BCUT2D eigenvalue weighted by Crippen LogP contribution is -2.39. The maximum Gasteiger partial charge on any atom is 0.248 e. The molecular weight excluding hydrogens is 306 g/mol. The Morgan fingerprint density at radius 1 is 1.33 bits per heavy atom. The summed E-state index contributed by atoms with van der Waals surface area (Å²) in [7, 11) is 5.44. The molecule has 1 aromatic heterocycles. The van der Waals surface area contributed by atoms with Crippen molar-refractivity contribution in [2.45, 2.75) is 38.1 Å². The second kappa shape index (κ2) is 7.61. The average molecular weight is 335 g/mol. The minimum Gasteiger partial charge on any atom is -0.371 e. The highest BCUT2D eigenvalue weighted by atomic mass is 16.5. The van der Waals surface area contributed by atoms with Gasteiger partial charge in [0.15, 0.2) is 0 Å². The topological polar surface area (TPSA) is 63.5 Å². The van der Waals surface area contributed by atoms with Gasteiger partial charge in [0.2, 0.25) is 5.91 Å². The number of hydrogen-bond acceptors (Lipinski definition) is 5. The third-order valence-corrected chi connectivity index (χ3v) is 5.22. The summed E-state index contributed by atoms with van der Waals surface area (Å²) in [5.41, 5.74) is 2.23. The van der Waals surface area contributed by atoms with Crippen molar-refractivity contribution in [2.75, 3.05) is 40.4 Å². The Labute approximate surface area is 143 Å². The fraction of sp³-hybridized carbons (Fsp3) is 0.824. The summed E-state index contributed by atoms with van der Waals surface area (Å²) in [6.45, 7) is 3.65. The van der Waals surface area contributed by atoms with Crippen LogP contribution in [0, 0.1) is 5.92 Å². The number of aromatic nitrogens is 3. The molecule has 2 aliphatic rings. The van der Waals surface area contributed by atoms with Crippen LogP contribution in [0.1, 0.15) is 43.0 Å². The number of carbonyl (C=O) groups excluding carboxylic acids is 1. The highest BCUT2D eigenvalue weighted by Crippen LogP contribution is 2.31. The summed E-state index contributed by atoms with van der Waals surface area (Å²) in [5.74, 6) is 1.04. The van der Waals surface area contributed by atoms with Crippen molar-refractivity contribution in [3.05, 3.63) is 11.4 Å². The van der Waals surface area contributed by atoms with Crippen molar-refractivity contribution in [1.82, 2.24) is 24.8 Å². The van der Waals surface area contributed by atoms with Crippen molar-refractivity contribution < 1.29 is 9.53 Å². The third kappa shape index (κ3) is 3.95. The normalized spacial score (nSPS) is 21.9. The van der Waals surface area contributed by atoms with Crippen LogP contribution in [0.3, 0.4) is 0 Å². The molecule has 1 fully saturated rings. The Hall–Kier alpha value is -1.47. The summed E-state index contributed by atoms with van der Waals surface area (Å²) < 4.78 is 7.57. The van der Waals surface area contributed by atoms with Crippen molar-refractivity contribution in [1.29, 1.82) is 0 Å². The van der Waals surface area contributed by atoms with E-state index in [9.17, 15) is 4.79 Å². The molecule has 0 spiro atoms. The molecule has 1 aliphatic carbocycles. The van der Waals surface area contributed by atoms with Crippen LogP contribution >= 0.6 is 0 Å². The van der Waals surface area contributed by atoms with Gasteiger partial charge in [-0.15, -0.1) is 5.10 Å². The van der Waals surface area contributed by atoms with Crippen LogP contribution in [-0.4, -0.2) is 71.1 Å². The van der Waals surface area contributed by atoms with E-state index in [0.29, 0.717) is 6.61 Å². The van der Waals surface area contributed by atoms with E-state index in [-0.39, 0.29) is 18.4 Å². The molecule has 1 atom stereocenters. The molecule has 1 saturated carbocycles. The third-order valence-electron chi connectivity index (χ3n) is 5.22. The smallest absolute Gasteiger partial charge is 0.248 e. The Kier molecular flexibility index (Phi) is 5.50. The molecular formula is C17H29N5O2. The predicted octanol–water partition coefficient (Wildman–Crippen LogP) is 1.01. The van der Waals surface area contributed by atoms with E-state index in [4.69, 9.17) is 4.74 Å². The number of rotatable bonds is 6. The molecule has 2 heterocycles. The summed E-state index contributed by atoms with van der Waals surface area (Å²) >= 11 is 0. The van der Waals surface area contributed by atoms with E-state index in [1.807, 2.05) is 11.7 Å². The molecule has 0 unspecified atom stereocenters. The molecule has 7 heteroatoms. The van der Waals surface area contributed by atoms with Gasteiger partial charge in [-0.25, -0.2) is 0 Å². The van der Waals surface area contributed by atoms with Crippen LogP contribution < -0.4 is 0 Å². The number of carbonyl (C=O) groups is 1. The van der Waals surface area contributed by atoms with Crippen LogP contribution in [0.5, 0.6) is 0 Å². The van der Waals surface area contributed by atoms with E-state index in [1.165, 1.54) is 25.7 Å². The van der Waals surface area contributed by atoms with Crippen molar-refractivity contribution in [2.24, 2.45) is 13.0 Å². The van der Waals surface area contributed by atoms with Gasteiger partial charge in [-0.05, 0) is 18.8 Å². The second-order valence-corrected chi connectivity index (χ2v) is 7.39. The molecule has 1 amide bonds. The molecule has 24 heavy (non-hydrogen) atoms. The first-order valence-electron chi connectivity index (χ1n) is 8.93. The van der Waals surface area contributed by atoms with Crippen LogP contribution in [0.25, 0.3) is 0 Å². The summed E-state index contributed by atoms with van der Waals surface area (Å²) in [5, 5.41) is 8.54. The lowest BCUT2D eigenvalue weighted by molar-refractivity contribution is -0.133. The Morgan fingerprint density at radius 2 is 2.08 bits per heavy atom. The molecule has 0 bridgehead atoms. The SMILES string of the molecule is CN(C)C(=O)COC[C@H]1CN(CC2CCCC2)Cc2nnn(C)c21. The highest BCUT2D eigenvalue weighted by molar-refractivity contribution is 5.76. The minimum atomic E-state index is -0.00280. The zero-order valence-electron chi connectivity index (χ0n) is 15.1. The van der Waals surface area contributed by atoms with E-state index >= 15 is 0 Å². The van der Waals surface area contributed by atoms with Crippen LogP contribution in [0.2, 0.25) is 0 Å². The maximum absolute atomic E-state index is 11.7. The summed E-state index contributed by atoms with van der Waals surface area (Å²) in [6, 6.07) is 0. The largest absolute Gasteiger partial charge is 0.371 e. The highest BCUT2D eigenvalue weighted by Gasteiger charge is 2.31. The molecule has 1 aliphatic heterocycles. The lowest BCUT2D eigenvalue weighted by Gasteiger charge is -2.33. The Morgan fingerprint density at radius 3 is 2.79 bits per heavy atom. The maximum atomic E-state index is 11.7. The first-order chi connectivity index (χ1) is 11.5. The number of fused-ring (bicyclic) bond motifs is 1. The first kappa shape index (κ1) is 17.4. The van der Waals surface area contributed by atoms with Gasteiger partial charge in [0.25, 0.3) is 0 Å². The van der Waals surface area contributed by atoms with Crippen molar-refractivity contribution >= 4 is 5.91 Å². The molecule has 3 rings (SSSR count). The molecule has 0 N–H and O–H groups in total. The summed E-state index contributed by atoms with van der Waals surface area (Å²) in [4.78, 5) is 15.8. The monoisotopic (exact) mass is 335 g/mol. The lowest BCUT2D eigenvalue weighted by atomic mass is 9.97. The number of ether oxygens (including phenoxy) is 1. The van der Waals surface area contributed by atoms with Crippen LogP contribution in [0.15, 0.2) is 0 Å². The average Bonchev–Trinajstić information content (AvgIpc) is 3.17. The molecule has 0 aromatic carbocycles. The quantitative estimate of drug-likeness (QED) is 0.776. The molecule has 1 aromatic rings. The van der Waals surface area contributed by atoms with Crippen LogP contribution in [0.4, 0.5) is 0 Å². The van der Waals surface area contributed by atoms with Gasteiger partial charge in [0.1, 0.15) is 12.3 Å². The van der Waals surface area contributed by atoms with E-state index < -0.39 is 0 Å². The van der Waals surface area contributed by atoms with Crippen molar-refractivity contribution in [3.63, 3.8) is 0 Å². The van der Waals surface area contributed by atoms with E-state index in [2.05, 4.69) is 15.2 Å². The zero-order valence-corrected chi connectivity index (χ0v) is 15.1. The zero-order chi connectivity index (χ0) is 17.1. The van der Waals surface area contributed by atoms with E-state index in [1.54, 1.807) is 19.0 Å². The fourth-order valence-corrected chi connectivity index (χ4v) is 3.94. The van der Waals surface area contributed by atoms with Gasteiger partial charge in [0, 0.05) is 46.7 Å². The second-order valence-electron chi connectivity index (χ2n) is 7.39. The first-order valence-corrected chi connectivity index (χ1v) is 8.93. The van der Waals surface area contributed by atoms with Crippen LogP contribution in [-0.2, 0) is 23.1 Å². The van der Waals surface area contributed by atoms with Crippen molar-refractivity contribution in [3.8, 4) is 0 Å². The number of amides is 1. The fourth-order valence-electron chi connectivity index (χ4n) is 3.94. The number of aryl methyl sites for hydroxylation is 1. The number of nitrogens with zero attached hydrogens (tertiary/aromatic N) is 5. The Balaban J connectivity index is 1.62. The number of likely N-dealkylation sites (N-methyl/N-ethyl adjacent to an activating group) is 1. The van der Waals surface area contributed by atoms with Gasteiger partial charge in [-0.1, -0.05) is 18.1 Å². The van der Waals surface area contributed by atoms with Gasteiger partial charge in [0.05, 0.1) is 12.3 Å². The molecule has 134 valence electrons. The number of hydrogen-bond donors (Lipinski definition) is 0. The van der Waals surface area contributed by atoms with Gasteiger partial charge in [-0.2, -0.15) is 0 Å². The van der Waals surface area contributed by atoms with E-state index in [0.717, 1.165) is 36.9 Å². The van der Waals surface area contributed by atoms with Gasteiger partial charge >= 0.3 is 0 Å². The predicted molar refractivity (Wildman–Crippen MR) is 90.5 cm³/mol. The molecule has 0 radical (unpaired) electrons. The van der Waals surface area contributed by atoms with Gasteiger partial charge in [-0.3, -0.25) is 14.4 Å². The van der Waals surface area contributed by atoms with Gasteiger partial charge < -0.3 is 9.64 Å². The molecule has 7 nitrogen and oxygen atoms in total. The minimum absolute atomic E-state index is 0.00280. The Bertz CT molecular complexity index is 565.